The normalized spacial score (nSPS) is 28.8. The molecule has 0 radical (unpaired) electrons. The Morgan fingerprint density at radius 3 is 2.87 bits per heavy atom. The van der Waals surface area contributed by atoms with Crippen molar-refractivity contribution in [3.05, 3.63) is 53.4 Å². The summed E-state index contributed by atoms with van der Waals surface area (Å²) in [5.41, 5.74) is 1.70. The lowest BCUT2D eigenvalue weighted by Crippen LogP contribution is -2.45. The zero-order valence-electron chi connectivity index (χ0n) is 17.5. The van der Waals surface area contributed by atoms with Crippen LogP contribution in [0.5, 0.6) is 0 Å². The van der Waals surface area contributed by atoms with Crippen molar-refractivity contribution in [3.8, 4) is 0 Å². The van der Waals surface area contributed by atoms with Gasteiger partial charge in [0.25, 0.3) is 0 Å². The molecule has 1 aromatic heterocycles. The van der Waals surface area contributed by atoms with E-state index in [4.69, 9.17) is 4.74 Å². The van der Waals surface area contributed by atoms with Crippen molar-refractivity contribution in [2.24, 2.45) is 5.92 Å². The van der Waals surface area contributed by atoms with E-state index in [-0.39, 0.29) is 23.7 Å². The molecule has 0 spiro atoms. The van der Waals surface area contributed by atoms with Crippen molar-refractivity contribution < 1.29 is 19.0 Å². The Hall–Kier alpha value is -2.29. The van der Waals surface area contributed by atoms with Gasteiger partial charge in [0.05, 0.1) is 25.2 Å². The van der Waals surface area contributed by atoms with E-state index >= 15 is 0 Å². The van der Waals surface area contributed by atoms with Crippen LogP contribution in [0.4, 0.5) is 4.39 Å². The number of aromatic nitrogens is 2. The molecule has 3 fully saturated rings. The molecule has 1 aliphatic heterocycles. The summed E-state index contributed by atoms with van der Waals surface area (Å²) >= 11 is 0. The molecule has 2 saturated carbocycles. The third-order valence-electron chi connectivity index (χ3n) is 6.76. The molecule has 2 aromatic rings. The fraction of sp³-hybridized carbons (Fsp3) is 0.565. The number of halogens is 1. The number of H-pyrrole nitrogens is 1. The van der Waals surface area contributed by atoms with E-state index in [1.54, 1.807) is 17.2 Å². The molecule has 4 atom stereocenters. The molecule has 1 aromatic carbocycles. The number of imidazole rings is 1. The average Bonchev–Trinajstić information content (AvgIpc) is 3.43. The van der Waals surface area contributed by atoms with E-state index in [0.717, 1.165) is 29.9 Å². The van der Waals surface area contributed by atoms with E-state index in [1.165, 1.54) is 12.1 Å². The number of carbonyl (C=O) groups is 1. The quantitative estimate of drug-likeness (QED) is 0.654. The van der Waals surface area contributed by atoms with E-state index < -0.39 is 12.0 Å². The zero-order valence-corrected chi connectivity index (χ0v) is 17.5. The molecular weight excluding hydrogens is 399 g/mol. The second kappa shape index (κ2) is 8.68. The fourth-order valence-electron chi connectivity index (χ4n) is 4.91. The summed E-state index contributed by atoms with van der Waals surface area (Å²) in [6, 6.07) is 6.36. The van der Waals surface area contributed by atoms with Crippen LogP contribution in [0.1, 0.15) is 48.2 Å². The predicted octanol–water partition coefficient (Wildman–Crippen LogP) is 1.91. The Morgan fingerprint density at radius 1 is 1.32 bits per heavy atom. The molecular formula is C23H29FN4O3. The minimum Gasteiger partial charge on any atom is -0.392 e. The first-order chi connectivity index (χ1) is 15.1. The maximum Gasteiger partial charge on any atom is 0.228 e. The minimum absolute atomic E-state index is 0.0159. The van der Waals surface area contributed by atoms with Crippen molar-refractivity contribution in [1.82, 2.24) is 20.2 Å². The topological polar surface area (TPSA) is 90.5 Å². The van der Waals surface area contributed by atoms with Crippen molar-refractivity contribution in [2.45, 2.75) is 49.8 Å². The molecule has 0 unspecified atom stereocenters. The molecule has 166 valence electrons. The Balaban J connectivity index is 1.36. The number of rotatable bonds is 6. The van der Waals surface area contributed by atoms with Crippen LogP contribution < -0.4 is 5.32 Å². The van der Waals surface area contributed by atoms with Crippen molar-refractivity contribution in [3.63, 3.8) is 0 Å². The summed E-state index contributed by atoms with van der Waals surface area (Å²) in [5.74, 6) is 0.401. The monoisotopic (exact) mass is 428 g/mol. The SMILES string of the molecule is O=C([C@H]1C[C@@H](NCc2cccc(F)c2)[C@H](c2cnc(C3CC3)[nH]2)[C@@H]1O)N1CCOCC1. The smallest absolute Gasteiger partial charge is 0.228 e. The van der Waals surface area contributed by atoms with Crippen molar-refractivity contribution in [2.75, 3.05) is 26.3 Å². The highest BCUT2D eigenvalue weighted by atomic mass is 19.1. The molecule has 2 aliphatic carbocycles. The maximum absolute atomic E-state index is 13.6. The molecule has 5 rings (SSSR count). The molecule has 0 bridgehead atoms. The van der Waals surface area contributed by atoms with Crippen LogP contribution in [-0.4, -0.2) is 64.3 Å². The van der Waals surface area contributed by atoms with Gasteiger partial charge >= 0.3 is 0 Å². The minimum atomic E-state index is -0.812. The van der Waals surface area contributed by atoms with E-state index in [9.17, 15) is 14.3 Å². The summed E-state index contributed by atoms with van der Waals surface area (Å²) < 4.78 is 19.0. The molecule has 3 aliphatic rings. The Bertz CT molecular complexity index is 925. The second-order valence-corrected chi connectivity index (χ2v) is 8.91. The lowest BCUT2D eigenvalue weighted by molar-refractivity contribution is -0.142. The van der Waals surface area contributed by atoms with Gasteiger partial charge in [-0.15, -0.1) is 0 Å². The van der Waals surface area contributed by atoms with Crippen LogP contribution in [0.15, 0.2) is 30.5 Å². The molecule has 8 heteroatoms. The fourth-order valence-corrected chi connectivity index (χ4v) is 4.91. The highest BCUT2D eigenvalue weighted by Crippen LogP contribution is 2.42. The summed E-state index contributed by atoms with van der Waals surface area (Å²) in [6.07, 6.45) is 3.79. The van der Waals surface area contributed by atoms with Crippen LogP contribution in [0, 0.1) is 11.7 Å². The van der Waals surface area contributed by atoms with Gasteiger partial charge in [0, 0.05) is 49.4 Å². The van der Waals surface area contributed by atoms with Crippen molar-refractivity contribution in [1.29, 1.82) is 0 Å². The third-order valence-corrected chi connectivity index (χ3v) is 6.76. The Morgan fingerprint density at radius 2 is 2.13 bits per heavy atom. The number of aliphatic hydroxyl groups is 1. The predicted molar refractivity (Wildman–Crippen MR) is 112 cm³/mol. The average molecular weight is 429 g/mol. The lowest BCUT2D eigenvalue weighted by atomic mass is 9.95. The molecule has 3 N–H and O–H groups in total. The lowest BCUT2D eigenvalue weighted by Gasteiger charge is -2.30. The number of hydrogen-bond acceptors (Lipinski definition) is 5. The summed E-state index contributed by atoms with van der Waals surface area (Å²) in [7, 11) is 0. The summed E-state index contributed by atoms with van der Waals surface area (Å²) in [4.78, 5) is 22.9. The van der Waals surface area contributed by atoms with Crippen LogP contribution >= 0.6 is 0 Å². The number of nitrogens with zero attached hydrogens (tertiary/aromatic N) is 2. The van der Waals surface area contributed by atoms with E-state index in [2.05, 4.69) is 15.3 Å². The standard InChI is InChI=1S/C23H29FN4O3/c24-16-3-1-2-14(10-16)12-25-18-11-17(23(30)28-6-8-31-9-7-28)21(29)20(18)19-13-26-22(27-19)15-4-5-15/h1-3,10,13,15,17-18,20-21,25,29H,4-9,11-12H2,(H,26,27)/t17-,18+,20+,21+/m0/s1. The Kier molecular flexibility index (Phi) is 5.77. The number of hydrogen-bond donors (Lipinski definition) is 3. The van der Waals surface area contributed by atoms with Crippen LogP contribution in [0.3, 0.4) is 0 Å². The Labute approximate surface area is 181 Å². The van der Waals surface area contributed by atoms with Gasteiger partial charge < -0.3 is 25.0 Å². The highest BCUT2D eigenvalue weighted by Gasteiger charge is 2.48. The van der Waals surface area contributed by atoms with Gasteiger partial charge in [-0.3, -0.25) is 4.79 Å². The number of ether oxygens (including phenoxy) is 1. The van der Waals surface area contributed by atoms with Gasteiger partial charge in [-0.1, -0.05) is 12.1 Å². The zero-order chi connectivity index (χ0) is 21.4. The van der Waals surface area contributed by atoms with Gasteiger partial charge in [-0.2, -0.15) is 0 Å². The number of carbonyl (C=O) groups excluding carboxylic acids is 1. The first kappa shape index (κ1) is 20.6. The number of morpholine rings is 1. The molecule has 1 saturated heterocycles. The first-order valence-electron chi connectivity index (χ1n) is 11.2. The van der Waals surface area contributed by atoms with Gasteiger partial charge in [-0.25, -0.2) is 9.37 Å². The third kappa shape index (κ3) is 4.37. The summed E-state index contributed by atoms with van der Waals surface area (Å²) in [5, 5.41) is 14.7. The molecule has 31 heavy (non-hydrogen) atoms. The number of aromatic amines is 1. The van der Waals surface area contributed by atoms with Gasteiger partial charge in [0.1, 0.15) is 11.6 Å². The summed E-state index contributed by atoms with van der Waals surface area (Å²) in [6.45, 7) is 2.65. The number of aliphatic hydroxyl groups excluding tert-OH is 1. The van der Waals surface area contributed by atoms with E-state index in [1.807, 2.05) is 6.07 Å². The van der Waals surface area contributed by atoms with E-state index in [0.29, 0.717) is 45.2 Å². The number of benzene rings is 1. The van der Waals surface area contributed by atoms with Crippen LogP contribution in [0.25, 0.3) is 0 Å². The second-order valence-electron chi connectivity index (χ2n) is 8.91. The van der Waals surface area contributed by atoms with Crippen LogP contribution in [-0.2, 0) is 16.1 Å². The van der Waals surface area contributed by atoms with Gasteiger partial charge in [0.2, 0.25) is 5.91 Å². The van der Waals surface area contributed by atoms with Gasteiger partial charge in [-0.05, 0) is 37.0 Å². The van der Waals surface area contributed by atoms with Gasteiger partial charge in [0.15, 0.2) is 0 Å². The largest absolute Gasteiger partial charge is 0.392 e. The number of nitrogens with one attached hydrogen (secondary N) is 2. The van der Waals surface area contributed by atoms with Crippen molar-refractivity contribution >= 4 is 5.91 Å². The molecule has 7 nitrogen and oxygen atoms in total. The maximum atomic E-state index is 13.6. The molecule has 2 heterocycles. The number of amides is 1. The highest BCUT2D eigenvalue weighted by molar-refractivity contribution is 5.80. The van der Waals surface area contributed by atoms with Crippen LogP contribution in [0.2, 0.25) is 0 Å². The first-order valence-corrected chi connectivity index (χ1v) is 11.2. The molecule has 1 amide bonds.